The zero-order valence-electron chi connectivity index (χ0n) is 17.3. The maximum absolute atomic E-state index is 12.7. The summed E-state index contributed by atoms with van der Waals surface area (Å²) in [7, 11) is 0. The van der Waals surface area contributed by atoms with Crippen LogP contribution in [0.1, 0.15) is 12.0 Å². The maximum Gasteiger partial charge on any atom is 0.326 e. The molecule has 0 aliphatic heterocycles. The van der Waals surface area contributed by atoms with Crippen LogP contribution in [0.3, 0.4) is 0 Å². The Kier molecular flexibility index (Phi) is 11.1. The van der Waals surface area contributed by atoms with Crippen molar-refractivity contribution in [3.8, 4) is 5.75 Å². The fourth-order valence-electron chi connectivity index (χ4n) is 2.55. The van der Waals surface area contributed by atoms with Gasteiger partial charge in [0.1, 0.15) is 23.9 Å². The van der Waals surface area contributed by atoms with Crippen molar-refractivity contribution < 1.29 is 44.4 Å². The first-order valence-electron chi connectivity index (χ1n) is 9.59. The zero-order valence-corrected chi connectivity index (χ0v) is 18.2. The Morgan fingerprint density at radius 3 is 1.88 bits per heavy atom. The van der Waals surface area contributed by atoms with Gasteiger partial charge < -0.3 is 42.1 Å². The molecule has 0 aliphatic rings. The van der Waals surface area contributed by atoms with Crippen molar-refractivity contribution in [3.63, 3.8) is 0 Å². The number of amides is 3. The van der Waals surface area contributed by atoms with Crippen LogP contribution in [0.25, 0.3) is 0 Å². The first-order valence-corrected chi connectivity index (χ1v) is 10.2. The molecule has 182 valence electrons. The summed E-state index contributed by atoms with van der Waals surface area (Å²) in [6, 6.07) is -0.169. The van der Waals surface area contributed by atoms with Gasteiger partial charge in [0, 0.05) is 12.2 Å². The third kappa shape index (κ3) is 9.34. The monoisotopic (exact) mass is 486 g/mol. The molecule has 0 spiro atoms. The van der Waals surface area contributed by atoms with E-state index in [-0.39, 0.29) is 17.9 Å². The van der Waals surface area contributed by atoms with Crippen molar-refractivity contribution >= 4 is 42.3 Å². The molecule has 0 aromatic heterocycles. The van der Waals surface area contributed by atoms with E-state index in [4.69, 9.17) is 15.9 Å². The van der Waals surface area contributed by atoms with Crippen molar-refractivity contribution in [3.05, 3.63) is 29.8 Å². The van der Waals surface area contributed by atoms with Crippen molar-refractivity contribution in [2.45, 2.75) is 37.0 Å². The van der Waals surface area contributed by atoms with Gasteiger partial charge >= 0.3 is 11.9 Å². The number of aliphatic hydroxyl groups excluding tert-OH is 1. The number of phenolic OH excluding ortho intramolecular Hbond substituents is 1. The van der Waals surface area contributed by atoms with Gasteiger partial charge in [-0.3, -0.25) is 19.2 Å². The van der Waals surface area contributed by atoms with Crippen LogP contribution in [0, 0.1) is 0 Å². The normalized spacial score (nSPS) is 14.3. The summed E-state index contributed by atoms with van der Waals surface area (Å²) in [6.45, 7) is -0.832. The third-order valence-electron chi connectivity index (χ3n) is 4.35. The lowest BCUT2D eigenvalue weighted by atomic mass is 10.0. The average molecular weight is 487 g/mol. The molecule has 14 heteroatoms. The fraction of sp³-hybridized carbons (Fsp3) is 0.421. The molecule has 1 aromatic carbocycles. The summed E-state index contributed by atoms with van der Waals surface area (Å²) in [6.07, 6.45) is -1.09. The van der Waals surface area contributed by atoms with Crippen molar-refractivity contribution in [1.82, 2.24) is 16.0 Å². The second-order valence-corrected chi connectivity index (χ2v) is 7.33. The van der Waals surface area contributed by atoms with Crippen LogP contribution in [0.5, 0.6) is 5.75 Å². The average Bonchev–Trinajstić information content (AvgIpc) is 2.76. The Morgan fingerprint density at radius 1 is 0.879 bits per heavy atom. The number of carboxylic acids is 2. The molecule has 0 saturated carbocycles. The van der Waals surface area contributed by atoms with E-state index in [0.29, 0.717) is 5.56 Å². The molecule has 4 atom stereocenters. The van der Waals surface area contributed by atoms with Gasteiger partial charge in [-0.15, -0.1) is 0 Å². The molecule has 1 rings (SSSR count). The van der Waals surface area contributed by atoms with E-state index < -0.39 is 66.9 Å². The lowest BCUT2D eigenvalue weighted by molar-refractivity contribution is -0.147. The van der Waals surface area contributed by atoms with E-state index in [2.05, 4.69) is 23.3 Å². The topological polar surface area (TPSA) is 228 Å². The number of carboxylic acid groups (broad SMARTS) is 2. The minimum atomic E-state index is -1.77. The minimum Gasteiger partial charge on any atom is -0.508 e. The van der Waals surface area contributed by atoms with Crippen LogP contribution in [0.15, 0.2) is 24.3 Å². The van der Waals surface area contributed by atoms with Gasteiger partial charge in [0.15, 0.2) is 0 Å². The molecule has 1 aromatic rings. The highest BCUT2D eigenvalue weighted by molar-refractivity contribution is 7.80. The Balaban J connectivity index is 3.07. The predicted molar refractivity (Wildman–Crippen MR) is 116 cm³/mol. The van der Waals surface area contributed by atoms with E-state index >= 15 is 0 Å². The summed E-state index contributed by atoms with van der Waals surface area (Å²) < 4.78 is 0. The van der Waals surface area contributed by atoms with Crippen LogP contribution >= 0.6 is 12.6 Å². The van der Waals surface area contributed by atoms with Gasteiger partial charge in [0.25, 0.3) is 0 Å². The number of phenols is 1. The highest BCUT2D eigenvalue weighted by Gasteiger charge is 2.31. The van der Waals surface area contributed by atoms with E-state index in [1.807, 2.05) is 5.32 Å². The Labute approximate surface area is 193 Å². The second-order valence-electron chi connectivity index (χ2n) is 6.96. The van der Waals surface area contributed by atoms with Gasteiger partial charge in [0.05, 0.1) is 19.1 Å². The van der Waals surface area contributed by atoms with E-state index in [9.17, 15) is 34.2 Å². The summed E-state index contributed by atoms with van der Waals surface area (Å²) in [5, 5.41) is 43.5. The zero-order chi connectivity index (χ0) is 25.1. The Bertz CT molecular complexity index is 865. The lowest BCUT2D eigenvalue weighted by Crippen LogP contribution is -2.58. The molecule has 13 nitrogen and oxygen atoms in total. The Hall–Kier alpha value is -3.36. The molecule has 3 amide bonds. The molecule has 4 unspecified atom stereocenters. The number of nitrogens with two attached hydrogens (primary N) is 1. The maximum atomic E-state index is 12.7. The number of aliphatic hydroxyl groups is 1. The van der Waals surface area contributed by atoms with E-state index in [1.54, 1.807) is 0 Å². The lowest BCUT2D eigenvalue weighted by Gasteiger charge is -2.24. The predicted octanol–water partition coefficient (Wildman–Crippen LogP) is -2.80. The van der Waals surface area contributed by atoms with Crippen LogP contribution in [0.2, 0.25) is 0 Å². The number of carbonyl (C=O) groups is 5. The quantitative estimate of drug-likeness (QED) is 0.130. The molecular formula is C19H26N4O9S. The SMILES string of the molecule is NC(CS)C(=O)NC(CO)C(=O)NC(Cc1ccc(O)cc1)C(=O)NC(CC(=O)O)C(=O)O. The van der Waals surface area contributed by atoms with Crippen LogP contribution in [-0.4, -0.2) is 86.6 Å². The molecule has 0 bridgehead atoms. The van der Waals surface area contributed by atoms with Gasteiger partial charge in [-0.25, -0.2) is 4.79 Å². The molecule has 33 heavy (non-hydrogen) atoms. The summed E-state index contributed by atoms with van der Waals surface area (Å²) >= 11 is 3.87. The molecule has 0 radical (unpaired) electrons. The van der Waals surface area contributed by atoms with Crippen molar-refractivity contribution in [2.24, 2.45) is 5.73 Å². The fourth-order valence-corrected chi connectivity index (χ4v) is 2.72. The first-order chi connectivity index (χ1) is 15.5. The number of hydrogen-bond donors (Lipinski definition) is 9. The molecule has 0 saturated heterocycles. The largest absolute Gasteiger partial charge is 0.508 e. The third-order valence-corrected chi connectivity index (χ3v) is 4.74. The number of nitrogens with one attached hydrogen (secondary N) is 3. The summed E-state index contributed by atoms with van der Waals surface area (Å²) in [4.78, 5) is 59.4. The van der Waals surface area contributed by atoms with Crippen molar-refractivity contribution in [1.29, 1.82) is 0 Å². The highest BCUT2D eigenvalue weighted by Crippen LogP contribution is 2.12. The number of carbonyl (C=O) groups excluding carboxylic acids is 3. The number of hydrogen-bond acceptors (Lipinski definition) is 9. The molecule has 0 aliphatic carbocycles. The summed E-state index contributed by atoms with van der Waals surface area (Å²) in [5.74, 6) is -5.91. The van der Waals surface area contributed by atoms with Crippen LogP contribution < -0.4 is 21.7 Å². The van der Waals surface area contributed by atoms with Crippen LogP contribution in [-0.2, 0) is 30.4 Å². The smallest absolute Gasteiger partial charge is 0.326 e. The van der Waals surface area contributed by atoms with Gasteiger partial charge in [-0.1, -0.05) is 12.1 Å². The minimum absolute atomic E-state index is 0.0301. The Morgan fingerprint density at radius 2 is 1.39 bits per heavy atom. The molecule has 9 N–H and O–H groups in total. The number of rotatable bonds is 13. The molecular weight excluding hydrogens is 460 g/mol. The molecule has 0 fully saturated rings. The molecule has 0 heterocycles. The van der Waals surface area contributed by atoms with Gasteiger partial charge in [0.2, 0.25) is 17.7 Å². The summed E-state index contributed by atoms with van der Waals surface area (Å²) in [5.41, 5.74) is 5.97. The van der Waals surface area contributed by atoms with E-state index in [1.165, 1.54) is 24.3 Å². The second kappa shape index (κ2) is 13.2. The highest BCUT2D eigenvalue weighted by atomic mass is 32.1. The van der Waals surface area contributed by atoms with Crippen LogP contribution in [0.4, 0.5) is 0 Å². The van der Waals surface area contributed by atoms with E-state index in [0.717, 1.165) is 0 Å². The standard InChI is InChI=1S/C19H26N4O9S/c20-11(8-33)16(28)23-14(7-24)18(30)21-12(5-9-1-3-10(25)4-2-9)17(29)22-13(19(31)32)6-15(26)27/h1-4,11-14,24-25,33H,5-8,20H2,(H,21,30)(H,22,29)(H,23,28)(H,26,27)(H,31,32). The number of thiol groups is 1. The number of aliphatic carboxylic acids is 2. The number of benzene rings is 1. The van der Waals surface area contributed by atoms with Crippen molar-refractivity contribution in [2.75, 3.05) is 12.4 Å². The first kappa shape index (κ1) is 27.7. The number of aromatic hydroxyl groups is 1. The van der Waals surface area contributed by atoms with Gasteiger partial charge in [-0.2, -0.15) is 12.6 Å². The van der Waals surface area contributed by atoms with Gasteiger partial charge in [-0.05, 0) is 17.7 Å².